The van der Waals surface area contributed by atoms with E-state index in [0.717, 1.165) is 21.8 Å². The van der Waals surface area contributed by atoms with E-state index in [1.165, 1.54) is 0 Å². The maximum absolute atomic E-state index is 13.5. The number of carbonyl (C=O) groups excluding carboxylic acids is 1. The second-order valence-electron chi connectivity index (χ2n) is 11.6. The molecule has 1 aromatic rings. The third-order valence-electron chi connectivity index (χ3n) is 8.12. The Kier molecular flexibility index (Phi) is 9.92. The van der Waals surface area contributed by atoms with E-state index < -0.39 is 40.3 Å². The van der Waals surface area contributed by atoms with E-state index >= 15 is 0 Å². The van der Waals surface area contributed by atoms with Gasteiger partial charge in [-0.2, -0.15) is 0 Å². The van der Waals surface area contributed by atoms with Gasteiger partial charge in [-0.25, -0.2) is 0 Å². The number of rotatable bonds is 14. The van der Waals surface area contributed by atoms with Crippen LogP contribution in [-0.4, -0.2) is 69.9 Å². The van der Waals surface area contributed by atoms with Crippen molar-refractivity contribution in [1.82, 2.24) is 15.3 Å². The van der Waals surface area contributed by atoms with Gasteiger partial charge in [-0.1, -0.05) is 24.6 Å². The highest BCUT2D eigenvalue weighted by Crippen LogP contribution is 2.48. The zero-order chi connectivity index (χ0) is 29.0. The van der Waals surface area contributed by atoms with Gasteiger partial charge in [0.25, 0.3) is 5.09 Å². The van der Waals surface area contributed by atoms with Gasteiger partial charge in [-0.05, 0) is 89.5 Å². The van der Waals surface area contributed by atoms with Gasteiger partial charge in [-0.15, -0.1) is 20.4 Å². The van der Waals surface area contributed by atoms with Crippen LogP contribution in [0.4, 0.5) is 0 Å². The Morgan fingerprint density at radius 3 is 2.51 bits per heavy atom. The first-order valence-corrected chi connectivity index (χ1v) is 13.7. The fraction of sp³-hybridized carbons (Fsp3) is 0.704. The molecule has 0 aromatic heterocycles. The first kappa shape index (κ1) is 30.7. The number of amides is 1. The Hall–Kier alpha value is -2.80. The number of carbonyl (C=O) groups is 2. The van der Waals surface area contributed by atoms with E-state index in [1.54, 1.807) is 4.90 Å². The summed E-state index contributed by atoms with van der Waals surface area (Å²) in [6, 6.07) is 3.70. The molecule has 3 atom stereocenters. The quantitative estimate of drug-likeness (QED) is 0.179. The lowest BCUT2D eigenvalue weighted by Crippen LogP contribution is -2.53. The molecule has 1 saturated heterocycles. The number of hydrogen-bond acceptors (Lipinski definition) is 8. The molecule has 2 aliphatic heterocycles. The van der Waals surface area contributed by atoms with Crippen LogP contribution in [0.5, 0.6) is 0 Å². The number of unbranched alkanes of at least 4 members (excludes halogenated alkanes) is 1. The summed E-state index contributed by atoms with van der Waals surface area (Å²) in [5.41, 5.74) is 7.10. The molecule has 1 radical (unpaired) electrons. The first-order valence-electron chi connectivity index (χ1n) is 13.7. The molecule has 12 nitrogen and oxygen atoms in total. The maximum Gasteiger partial charge on any atom is 0.320 e. The van der Waals surface area contributed by atoms with Crippen LogP contribution < -0.4 is 11.1 Å². The summed E-state index contributed by atoms with van der Waals surface area (Å²) in [6.07, 6.45) is 3.70. The van der Waals surface area contributed by atoms with Crippen molar-refractivity contribution >= 4 is 11.9 Å². The van der Waals surface area contributed by atoms with E-state index in [0.29, 0.717) is 51.6 Å². The predicted octanol–water partition coefficient (Wildman–Crippen LogP) is 2.49. The van der Waals surface area contributed by atoms with Crippen molar-refractivity contribution in [1.29, 1.82) is 0 Å². The van der Waals surface area contributed by atoms with Gasteiger partial charge in [0.1, 0.15) is 12.6 Å². The lowest BCUT2D eigenvalue weighted by molar-refractivity contribution is -0.758. The molecule has 1 amide bonds. The smallest absolute Gasteiger partial charge is 0.320 e. The minimum Gasteiger partial charge on any atom is -0.480 e. The molecule has 0 aliphatic carbocycles. The second-order valence-corrected chi connectivity index (χ2v) is 11.6. The van der Waals surface area contributed by atoms with Gasteiger partial charge in [0, 0.05) is 6.54 Å². The number of nitrogens with zero attached hydrogens (tertiary/aromatic N) is 3. The largest absolute Gasteiger partial charge is 0.480 e. The molecule has 2 aliphatic rings. The van der Waals surface area contributed by atoms with Crippen molar-refractivity contribution < 1.29 is 29.8 Å². The van der Waals surface area contributed by atoms with Crippen molar-refractivity contribution in [3.63, 3.8) is 0 Å². The zero-order valence-corrected chi connectivity index (χ0v) is 23.4. The topological polar surface area (TPSA) is 171 Å². The van der Waals surface area contributed by atoms with E-state index in [4.69, 9.17) is 5.73 Å². The van der Waals surface area contributed by atoms with Gasteiger partial charge in [-0.3, -0.25) is 14.9 Å². The number of carboxylic acid groups (broad SMARTS) is 1. The molecule has 39 heavy (non-hydrogen) atoms. The van der Waals surface area contributed by atoms with Crippen molar-refractivity contribution in [2.24, 2.45) is 5.73 Å². The third kappa shape index (κ3) is 6.86. The number of benzene rings is 1. The van der Waals surface area contributed by atoms with Crippen LogP contribution in [0.25, 0.3) is 0 Å². The van der Waals surface area contributed by atoms with Crippen LogP contribution in [0.1, 0.15) is 82.9 Å². The minimum absolute atomic E-state index is 0.205. The predicted molar refractivity (Wildman–Crippen MR) is 142 cm³/mol. The highest BCUT2D eigenvalue weighted by Gasteiger charge is 2.50. The average molecular weight is 549 g/mol. The molecule has 1 aromatic carbocycles. The number of hydroxylamine groups is 2. The van der Waals surface area contributed by atoms with E-state index in [2.05, 4.69) is 10.2 Å². The Morgan fingerprint density at radius 1 is 1.18 bits per heavy atom. The average Bonchev–Trinajstić information content (AvgIpc) is 3.40. The Balaban J connectivity index is 1.73. The number of nitrogens with one attached hydrogen (secondary N) is 1. The number of aryl methyl sites for hydroxylation is 1. The number of aliphatic carboxylic acids is 1. The first-order chi connectivity index (χ1) is 18.3. The number of nitrogens with two attached hydrogens (primary N) is 1. The second kappa shape index (κ2) is 12.6. The Bertz CT molecular complexity index is 1050. The SMILES string of the molecule is CC1(C)c2ccc(CC[C@H](N[C@@H](CCCCN)C(=O)N3CCC[C@H]3CO[N+](=O)[O-])C(=O)O)cc2C(C)(C)N1[O]. The summed E-state index contributed by atoms with van der Waals surface area (Å²) in [7, 11) is 0. The van der Waals surface area contributed by atoms with Crippen LogP contribution in [0.2, 0.25) is 0 Å². The van der Waals surface area contributed by atoms with Crippen molar-refractivity contribution in [2.45, 2.75) is 102 Å². The van der Waals surface area contributed by atoms with E-state index in [-0.39, 0.29) is 18.9 Å². The van der Waals surface area contributed by atoms with Gasteiger partial charge in [0.15, 0.2) is 0 Å². The summed E-state index contributed by atoms with van der Waals surface area (Å²) in [5.74, 6) is -1.33. The van der Waals surface area contributed by atoms with Gasteiger partial charge in [0.05, 0.1) is 23.2 Å². The Labute approximate surface area is 229 Å². The molecule has 2 heterocycles. The molecule has 0 spiro atoms. The molecule has 4 N–H and O–H groups in total. The van der Waals surface area contributed by atoms with Crippen LogP contribution in [0, 0.1) is 10.1 Å². The highest BCUT2D eigenvalue weighted by molar-refractivity contribution is 5.83. The number of carboxylic acids is 1. The minimum atomic E-state index is -1.06. The molecular formula is C27H42N5O7. The van der Waals surface area contributed by atoms with Crippen molar-refractivity contribution in [2.75, 3.05) is 19.7 Å². The molecule has 3 rings (SSSR count). The molecule has 0 saturated carbocycles. The molecule has 217 valence electrons. The number of fused-ring (bicyclic) bond motifs is 1. The zero-order valence-electron chi connectivity index (χ0n) is 23.4. The van der Waals surface area contributed by atoms with E-state index in [9.17, 15) is 30.0 Å². The molecule has 0 unspecified atom stereocenters. The summed E-state index contributed by atoms with van der Waals surface area (Å²) < 4.78 is 0. The lowest BCUT2D eigenvalue weighted by Gasteiger charge is -2.32. The molecule has 1 fully saturated rings. The van der Waals surface area contributed by atoms with Crippen molar-refractivity contribution in [3.05, 3.63) is 45.0 Å². The van der Waals surface area contributed by atoms with E-state index in [1.807, 2.05) is 45.9 Å². The molecule has 12 heteroatoms. The standard InChI is InChI=1S/C27H42N5O7/c1-26(2)20-12-10-18(16-21(20)27(3,4)31(26)36)11-13-23(25(34)35)29-22(9-5-6-14-28)24(33)30-15-7-8-19(30)17-39-32(37)38/h10,12,16,19,22-23,29H,5-9,11,13-15,17,28H2,1-4H3,(H,34,35)/t19-,22-,23-/m0/s1. The lowest BCUT2D eigenvalue weighted by atomic mass is 9.88. The fourth-order valence-corrected chi connectivity index (χ4v) is 5.95. The number of hydrogen-bond donors (Lipinski definition) is 3. The van der Waals surface area contributed by atoms with Crippen LogP contribution in [0.15, 0.2) is 18.2 Å². The molecular weight excluding hydrogens is 506 g/mol. The monoisotopic (exact) mass is 548 g/mol. The van der Waals surface area contributed by atoms with Crippen LogP contribution >= 0.6 is 0 Å². The third-order valence-corrected chi connectivity index (χ3v) is 8.12. The summed E-state index contributed by atoms with van der Waals surface area (Å²) in [6.45, 7) is 8.26. The van der Waals surface area contributed by atoms with Crippen LogP contribution in [0.3, 0.4) is 0 Å². The maximum atomic E-state index is 13.5. The fourth-order valence-electron chi connectivity index (χ4n) is 5.95. The summed E-state index contributed by atoms with van der Waals surface area (Å²) in [4.78, 5) is 42.5. The highest BCUT2D eigenvalue weighted by atomic mass is 16.9. The number of likely N-dealkylation sites (tertiary alicyclic amines) is 1. The molecule has 0 bridgehead atoms. The van der Waals surface area contributed by atoms with Gasteiger partial charge >= 0.3 is 5.97 Å². The Morgan fingerprint density at radius 2 is 1.87 bits per heavy atom. The summed E-state index contributed by atoms with van der Waals surface area (Å²) >= 11 is 0. The van der Waals surface area contributed by atoms with Crippen LogP contribution in [-0.2, 0) is 37.1 Å². The normalized spacial score (nSPS) is 21.4. The summed E-state index contributed by atoms with van der Waals surface area (Å²) in [5, 5.41) is 36.9. The van der Waals surface area contributed by atoms with Gasteiger partial charge < -0.3 is 20.6 Å². The van der Waals surface area contributed by atoms with Crippen molar-refractivity contribution in [3.8, 4) is 0 Å². The van der Waals surface area contributed by atoms with Gasteiger partial charge in [0.2, 0.25) is 5.91 Å².